The van der Waals surface area contributed by atoms with Crippen molar-refractivity contribution in [2.24, 2.45) is 11.8 Å². The normalized spacial score (nSPS) is 18.9. The number of rotatable bonds is 14. The summed E-state index contributed by atoms with van der Waals surface area (Å²) in [4.78, 5) is 30.1. The number of nitrogens with zero attached hydrogens (tertiary/aromatic N) is 1. The summed E-state index contributed by atoms with van der Waals surface area (Å²) in [6.07, 6.45) is 9.34. The van der Waals surface area contributed by atoms with Gasteiger partial charge in [0, 0.05) is 23.9 Å². The molecule has 1 aliphatic carbocycles. The molecule has 5 rings (SSSR count). The Bertz CT molecular complexity index is 1430. The van der Waals surface area contributed by atoms with Crippen LogP contribution in [0, 0.1) is 11.8 Å². The van der Waals surface area contributed by atoms with E-state index in [0.717, 1.165) is 90.4 Å². The van der Waals surface area contributed by atoms with Crippen LogP contribution in [0.3, 0.4) is 0 Å². The fourth-order valence-corrected chi connectivity index (χ4v) is 7.07. The number of likely N-dealkylation sites (tertiary alicyclic amines) is 1. The Hall–Kier alpha value is -3.24. The van der Waals surface area contributed by atoms with Gasteiger partial charge in [-0.05, 0) is 93.9 Å². The van der Waals surface area contributed by atoms with Crippen molar-refractivity contribution in [2.45, 2.75) is 75.9 Å². The molecular weight excluding hydrogens is 570 g/mol. The molecule has 9 heteroatoms. The van der Waals surface area contributed by atoms with Crippen LogP contribution in [0.15, 0.2) is 59.4 Å². The lowest BCUT2D eigenvalue weighted by Crippen LogP contribution is -2.46. The summed E-state index contributed by atoms with van der Waals surface area (Å²) in [6.45, 7) is 4.58. The second-order valence-electron chi connectivity index (χ2n) is 12.9. The van der Waals surface area contributed by atoms with Gasteiger partial charge in [0.1, 0.15) is 5.75 Å². The van der Waals surface area contributed by atoms with Crippen LogP contribution >= 0.6 is 0 Å². The predicted octanol–water partition coefficient (Wildman–Crippen LogP) is 4.75. The third kappa shape index (κ3) is 8.33. The highest BCUT2D eigenvalue weighted by molar-refractivity contribution is 5.87. The number of fused-ring (bicyclic) bond motifs is 1. The first-order valence-corrected chi connectivity index (χ1v) is 16.8. The van der Waals surface area contributed by atoms with Crippen LogP contribution in [0.25, 0.3) is 10.9 Å². The SMILES string of the molecule is O=C(OCC1CCN(CCCCCNCC(O)c2ccc(O)c3[nH]c(=O)ccc23)CC1)C(O)(c1ccccc1)C1CCCCC1. The van der Waals surface area contributed by atoms with Crippen LogP contribution in [0.2, 0.25) is 0 Å². The molecule has 2 heterocycles. The molecule has 1 saturated heterocycles. The Morgan fingerprint density at radius 2 is 1.73 bits per heavy atom. The lowest BCUT2D eigenvalue weighted by atomic mass is 9.73. The Kier molecular flexibility index (Phi) is 11.7. The molecule has 0 radical (unpaired) electrons. The van der Waals surface area contributed by atoms with Crippen molar-refractivity contribution in [3.8, 4) is 5.75 Å². The fraction of sp³-hybridized carbons (Fsp3) is 0.556. The van der Waals surface area contributed by atoms with E-state index in [1.54, 1.807) is 12.1 Å². The lowest BCUT2D eigenvalue weighted by molar-refractivity contribution is -0.177. The molecule has 1 saturated carbocycles. The van der Waals surface area contributed by atoms with E-state index in [4.69, 9.17) is 4.74 Å². The molecule has 2 aliphatic rings. The van der Waals surface area contributed by atoms with Crippen molar-refractivity contribution < 1.29 is 24.9 Å². The second-order valence-corrected chi connectivity index (χ2v) is 12.9. The van der Waals surface area contributed by atoms with Gasteiger partial charge in [0.15, 0.2) is 5.60 Å². The maximum atomic E-state index is 13.4. The Morgan fingerprint density at radius 3 is 2.49 bits per heavy atom. The summed E-state index contributed by atoms with van der Waals surface area (Å²) in [6, 6.07) is 15.6. The second kappa shape index (κ2) is 15.9. The minimum absolute atomic E-state index is 0.0132. The third-order valence-electron chi connectivity index (χ3n) is 9.81. The Balaban J connectivity index is 0.971. The smallest absolute Gasteiger partial charge is 0.343 e. The maximum absolute atomic E-state index is 13.4. The van der Waals surface area contributed by atoms with E-state index >= 15 is 0 Å². The summed E-state index contributed by atoms with van der Waals surface area (Å²) in [5.41, 5.74) is -0.214. The van der Waals surface area contributed by atoms with E-state index in [0.29, 0.717) is 41.1 Å². The summed E-state index contributed by atoms with van der Waals surface area (Å²) in [5, 5.41) is 36.5. The minimum Gasteiger partial charge on any atom is -0.506 e. The highest BCUT2D eigenvalue weighted by Crippen LogP contribution is 2.40. The largest absolute Gasteiger partial charge is 0.506 e. The van der Waals surface area contributed by atoms with Crippen LogP contribution < -0.4 is 10.9 Å². The number of benzene rings is 2. The van der Waals surface area contributed by atoms with Crippen molar-refractivity contribution in [3.05, 3.63) is 76.1 Å². The molecule has 3 aromatic rings. The van der Waals surface area contributed by atoms with Crippen molar-refractivity contribution in [2.75, 3.05) is 39.3 Å². The number of carbonyl (C=O) groups is 1. The molecule has 2 atom stereocenters. The summed E-state index contributed by atoms with van der Waals surface area (Å²) < 4.78 is 5.84. The van der Waals surface area contributed by atoms with Crippen molar-refractivity contribution in [3.63, 3.8) is 0 Å². The summed E-state index contributed by atoms with van der Waals surface area (Å²) >= 11 is 0. The lowest BCUT2D eigenvalue weighted by Gasteiger charge is -2.37. The summed E-state index contributed by atoms with van der Waals surface area (Å²) in [7, 11) is 0. The summed E-state index contributed by atoms with van der Waals surface area (Å²) in [5.74, 6) is -0.286. The average Bonchev–Trinajstić information content (AvgIpc) is 3.08. The molecule has 1 aliphatic heterocycles. The number of esters is 1. The van der Waals surface area contributed by atoms with Gasteiger partial charge >= 0.3 is 5.97 Å². The number of phenols is 1. The highest BCUT2D eigenvalue weighted by Gasteiger charge is 2.47. The first-order valence-electron chi connectivity index (χ1n) is 16.8. The first kappa shape index (κ1) is 33.1. The standard InChI is InChI=1S/C36H49N3O6/c40-31-16-14-29(30-15-17-33(42)38-34(30)31)32(41)24-37-20-8-3-9-21-39-22-18-26(19-23-39)25-45-35(43)36(44,27-10-4-1-5-11-27)28-12-6-2-7-13-28/h1,4-5,10-11,14-17,26,28,32,37,40-41,44H,2-3,6-9,12-13,18-25H2,(H,38,42). The van der Waals surface area contributed by atoms with Crippen molar-refractivity contribution in [1.29, 1.82) is 0 Å². The quantitative estimate of drug-likeness (QED) is 0.129. The molecule has 0 amide bonds. The van der Waals surface area contributed by atoms with Gasteiger partial charge in [0.25, 0.3) is 0 Å². The number of hydrogen-bond acceptors (Lipinski definition) is 8. The number of ether oxygens (including phenoxy) is 1. The van der Waals surface area contributed by atoms with Gasteiger partial charge in [-0.25, -0.2) is 4.79 Å². The van der Waals surface area contributed by atoms with Crippen LogP contribution in [0.1, 0.15) is 81.4 Å². The molecular formula is C36H49N3O6. The minimum atomic E-state index is -1.57. The van der Waals surface area contributed by atoms with Gasteiger partial charge in [0.05, 0.1) is 18.2 Å². The molecule has 5 N–H and O–H groups in total. The zero-order valence-electron chi connectivity index (χ0n) is 26.3. The zero-order chi connectivity index (χ0) is 31.6. The van der Waals surface area contributed by atoms with Gasteiger partial charge in [0.2, 0.25) is 5.56 Å². The van der Waals surface area contributed by atoms with Crippen LogP contribution in [-0.4, -0.2) is 70.5 Å². The van der Waals surface area contributed by atoms with Crippen molar-refractivity contribution in [1.82, 2.24) is 15.2 Å². The number of pyridine rings is 1. The number of aliphatic hydroxyl groups is 2. The van der Waals surface area contributed by atoms with Gasteiger partial charge in [-0.2, -0.15) is 0 Å². The molecule has 244 valence electrons. The third-order valence-corrected chi connectivity index (χ3v) is 9.81. The number of carbonyl (C=O) groups excluding carboxylic acids is 1. The first-order chi connectivity index (χ1) is 21.9. The highest BCUT2D eigenvalue weighted by atomic mass is 16.5. The molecule has 0 bridgehead atoms. The van der Waals surface area contributed by atoms with E-state index in [-0.39, 0.29) is 17.2 Å². The molecule has 2 fully saturated rings. The number of aliphatic hydroxyl groups excluding tert-OH is 1. The Morgan fingerprint density at radius 1 is 0.978 bits per heavy atom. The van der Waals surface area contributed by atoms with E-state index in [9.17, 15) is 24.9 Å². The van der Waals surface area contributed by atoms with Crippen LogP contribution in [0.4, 0.5) is 0 Å². The Labute approximate surface area is 265 Å². The van der Waals surface area contributed by atoms with Gasteiger partial charge < -0.3 is 35.3 Å². The predicted molar refractivity (Wildman–Crippen MR) is 175 cm³/mol. The topological polar surface area (TPSA) is 135 Å². The number of H-pyrrole nitrogens is 1. The molecule has 45 heavy (non-hydrogen) atoms. The van der Waals surface area contributed by atoms with Gasteiger partial charge in [-0.1, -0.05) is 62.1 Å². The molecule has 2 unspecified atom stereocenters. The number of nitrogens with one attached hydrogen (secondary N) is 2. The van der Waals surface area contributed by atoms with E-state index in [1.165, 1.54) is 12.1 Å². The monoisotopic (exact) mass is 619 g/mol. The van der Waals surface area contributed by atoms with Gasteiger partial charge in [-0.15, -0.1) is 0 Å². The number of piperidine rings is 1. The molecule has 9 nitrogen and oxygen atoms in total. The number of aromatic nitrogens is 1. The number of hydrogen-bond donors (Lipinski definition) is 5. The van der Waals surface area contributed by atoms with E-state index in [2.05, 4.69) is 15.2 Å². The molecule has 1 aromatic heterocycles. The average molecular weight is 620 g/mol. The molecule has 0 spiro atoms. The van der Waals surface area contributed by atoms with E-state index < -0.39 is 17.7 Å². The van der Waals surface area contributed by atoms with Crippen molar-refractivity contribution >= 4 is 16.9 Å². The number of unbranched alkanes of at least 4 members (excludes halogenated alkanes) is 2. The van der Waals surface area contributed by atoms with Gasteiger partial charge in [-0.3, -0.25) is 4.79 Å². The zero-order valence-corrected chi connectivity index (χ0v) is 26.3. The molecule has 2 aromatic carbocycles. The van der Waals surface area contributed by atoms with Crippen LogP contribution in [0.5, 0.6) is 5.75 Å². The van der Waals surface area contributed by atoms with E-state index in [1.807, 2.05) is 30.3 Å². The fourth-order valence-electron chi connectivity index (χ4n) is 7.07. The number of aromatic hydroxyl groups is 1. The van der Waals surface area contributed by atoms with Crippen LogP contribution in [-0.2, 0) is 15.1 Å². The maximum Gasteiger partial charge on any atom is 0.343 e. The number of phenolic OH excluding ortho intramolecular Hbond substituents is 1. The number of aromatic amines is 1.